The molecule has 2 aromatic rings. The van der Waals surface area contributed by atoms with Crippen LogP contribution in [0.2, 0.25) is 10.0 Å². The van der Waals surface area contributed by atoms with Gasteiger partial charge in [-0.05, 0) is 36.4 Å². The van der Waals surface area contributed by atoms with Gasteiger partial charge >= 0.3 is 0 Å². The van der Waals surface area contributed by atoms with Crippen molar-refractivity contribution < 1.29 is 9.53 Å². The van der Waals surface area contributed by atoms with Crippen molar-refractivity contribution in [1.82, 2.24) is 4.90 Å². The average Bonchev–Trinajstić information content (AvgIpc) is 2.66. The zero-order valence-electron chi connectivity index (χ0n) is 13.9. The number of fused-ring (bicyclic) bond motifs is 1. The fraction of sp³-hybridized carbons (Fsp3) is 0.211. The maximum Gasteiger partial charge on any atom is 0.254 e. The summed E-state index contributed by atoms with van der Waals surface area (Å²) in [5.41, 5.74) is 2.43. The van der Waals surface area contributed by atoms with Crippen molar-refractivity contribution in [2.24, 2.45) is 0 Å². The molecule has 0 radical (unpaired) electrons. The van der Waals surface area contributed by atoms with E-state index >= 15 is 0 Å². The van der Waals surface area contributed by atoms with Crippen LogP contribution in [0.25, 0.3) is 0 Å². The first-order chi connectivity index (χ1) is 12.6. The van der Waals surface area contributed by atoms with Gasteiger partial charge in [-0.25, -0.2) is 0 Å². The maximum absolute atomic E-state index is 12.8. The van der Waals surface area contributed by atoms with Crippen LogP contribution < -0.4 is 15.0 Å². The van der Waals surface area contributed by atoms with E-state index in [1.807, 2.05) is 29.2 Å². The molecule has 0 unspecified atom stereocenters. The highest BCUT2D eigenvalue weighted by Gasteiger charge is 2.23. The van der Waals surface area contributed by atoms with Gasteiger partial charge in [-0.2, -0.15) is 0 Å². The van der Waals surface area contributed by atoms with E-state index in [0.29, 0.717) is 34.4 Å². The Bertz CT molecular complexity index is 857. The molecule has 0 atom stereocenters. The SMILES string of the molecule is O=C(c1ccc2c(c1)NC=CO2)N1CCN(c2cc(Cl)cc(Cl)c2)CC1. The maximum atomic E-state index is 12.8. The van der Waals surface area contributed by atoms with Crippen molar-refractivity contribution in [2.75, 3.05) is 36.4 Å². The van der Waals surface area contributed by atoms with Crippen LogP contribution in [-0.2, 0) is 0 Å². The van der Waals surface area contributed by atoms with Gasteiger partial charge in [0.15, 0.2) is 0 Å². The number of carbonyl (C=O) groups excluding carboxylic acids is 1. The third-order valence-corrected chi connectivity index (χ3v) is 4.94. The van der Waals surface area contributed by atoms with Gasteiger partial charge in [0.2, 0.25) is 0 Å². The average molecular weight is 390 g/mol. The Morgan fingerprint density at radius 2 is 1.73 bits per heavy atom. The second-order valence-corrected chi connectivity index (χ2v) is 7.06. The third kappa shape index (κ3) is 3.45. The molecule has 1 fully saturated rings. The lowest BCUT2D eigenvalue weighted by Crippen LogP contribution is -2.48. The Morgan fingerprint density at radius 1 is 1.00 bits per heavy atom. The van der Waals surface area contributed by atoms with Gasteiger partial charge < -0.3 is 19.9 Å². The summed E-state index contributed by atoms with van der Waals surface area (Å²) in [6, 6.07) is 10.9. The third-order valence-electron chi connectivity index (χ3n) is 4.51. The number of rotatable bonds is 2. The lowest BCUT2D eigenvalue weighted by atomic mass is 10.1. The van der Waals surface area contributed by atoms with Crippen molar-refractivity contribution >= 4 is 40.5 Å². The van der Waals surface area contributed by atoms with E-state index in [4.69, 9.17) is 27.9 Å². The Hall–Kier alpha value is -2.37. The van der Waals surface area contributed by atoms with E-state index in [9.17, 15) is 4.79 Å². The van der Waals surface area contributed by atoms with Gasteiger partial charge in [-0.3, -0.25) is 4.79 Å². The highest BCUT2D eigenvalue weighted by atomic mass is 35.5. The first-order valence-corrected chi connectivity index (χ1v) is 9.08. The number of anilines is 2. The minimum atomic E-state index is 0.0212. The second kappa shape index (κ2) is 7.09. The van der Waals surface area contributed by atoms with Crippen LogP contribution in [0.3, 0.4) is 0 Å². The number of nitrogens with zero attached hydrogens (tertiary/aromatic N) is 2. The monoisotopic (exact) mass is 389 g/mol. The van der Waals surface area contributed by atoms with Gasteiger partial charge in [-0.1, -0.05) is 23.2 Å². The van der Waals surface area contributed by atoms with Crippen LogP contribution >= 0.6 is 23.2 Å². The smallest absolute Gasteiger partial charge is 0.254 e. The van der Waals surface area contributed by atoms with E-state index in [2.05, 4.69) is 10.2 Å². The molecule has 26 heavy (non-hydrogen) atoms. The van der Waals surface area contributed by atoms with Crippen LogP contribution in [0.15, 0.2) is 48.9 Å². The Kier molecular flexibility index (Phi) is 4.66. The summed E-state index contributed by atoms with van der Waals surface area (Å²) in [6.45, 7) is 2.75. The second-order valence-electron chi connectivity index (χ2n) is 6.18. The highest BCUT2D eigenvalue weighted by molar-refractivity contribution is 6.35. The molecule has 2 heterocycles. The number of benzene rings is 2. The predicted molar refractivity (Wildman–Crippen MR) is 104 cm³/mol. The molecule has 0 aromatic heterocycles. The quantitative estimate of drug-likeness (QED) is 0.834. The number of nitrogens with one attached hydrogen (secondary N) is 1. The molecule has 1 N–H and O–H groups in total. The molecule has 2 aliphatic rings. The first-order valence-electron chi connectivity index (χ1n) is 8.33. The summed E-state index contributed by atoms with van der Waals surface area (Å²) >= 11 is 12.2. The van der Waals surface area contributed by atoms with Crippen molar-refractivity contribution in [3.8, 4) is 5.75 Å². The number of hydrogen-bond acceptors (Lipinski definition) is 4. The summed E-state index contributed by atoms with van der Waals surface area (Å²) < 4.78 is 5.39. The lowest BCUT2D eigenvalue weighted by Gasteiger charge is -2.36. The Labute approximate surface area is 161 Å². The topological polar surface area (TPSA) is 44.8 Å². The molecule has 0 spiro atoms. The number of hydrogen-bond donors (Lipinski definition) is 1. The molecule has 4 rings (SSSR count). The van der Waals surface area contributed by atoms with E-state index in [1.54, 1.807) is 24.6 Å². The van der Waals surface area contributed by atoms with Gasteiger partial charge in [0, 0.05) is 53.7 Å². The summed E-state index contributed by atoms with van der Waals surface area (Å²) in [5.74, 6) is 0.736. The van der Waals surface area contributed by atoms with Crippen LogP contribution in [0.4, 0.5) is 11.4 Å². The number of carbonyl (C=O) groups is 1. The van der Waals surface area contributed by atoms with Crippen molar-refractivity contribution in [3.05, 3.63) is 64.5 Å². The van der Waals surface area contributed by atoms with E-state index in [0.717, 1.165) is 24.5 Å². The molecule has 0 aliphatic carbocycles. The van der Waals surface area contributed by atoms with Crippen LogP contribution in [0, 0.1) is 0 Å². The Balaban J connectivity index is 1.44. The summed E-state index contributed by atoms with van der Waals surface area (Å²) in [7, 11) is 0. The largest absolute Gasteiger partial charge is 0.461 e. The van der Waals surface area contributed by atoms with E-state index in [1.165, 1.54) is 0 Å². The molecule has 134 valence electrons. The molecule has 2 aromatic carbocycles. The molecule has 7 heteroatoms. The minimum absolute atomic E-state index is 0.0212. The van der Waals surface area contributed by atoms with Gasteiger partial charge in [0.05, 0.1) is 5.69 Å². The van der Waals surface area contributed by atoms with Gasteiger partial charge in [0.1, 0.15) is 12.0 Å². The van der Waals surface area contributed by atoms with E-state index in [-0.39, 0.29) is 5.91 Å². The van der Waals surface area contributed by atoms with Gasteiger partial charge in [0.25, 0.3) is 5.91 Å². The Morgan fingerprint density at radius 3 is 2.46 bits per heavy atom. The molecule has 5 nitrogen and oxygen atoms in total. The summed E-state index contributed by atoms with van der Waals surface area (Å²) in [6.07, 6.45) is 3.27. The van der Waals surface area contributed by atoms with Crippen LogP contribution in [0.5, 0.6) is 5.75 Å². The molecule has 0 bridgehead atoms. The van der Waals surface area contributed by atoms with Crippen LogP contribution in [-0.4, -0.2) is 37.0 Å². The molecule has 0 saturated carbocycles. The lowest BCUT2D eigenvalue weighted by molar-refractivity contribution is 0.0747. The minimum Gasteiger partial charge on any atom is -0.461 e. The highest BCUT2D eigenvalue weighted by Crippen LogP contribution is 2.30. The summed E-state index contributed by atoms with van der Waals surface area (Å²) in [5, 5.41) is 4.32. The van der Waals surface area contributed by atoms with E-state index < -0.39 is 0 Å². The first kappa shape index (κ1) is 17.1. The molecular weight excluding hydrogens is 373 g/mol. The standard InChI is InChI=1S/C19H17Cl2N3O2/c20-14-10-15(21)12-16(11-14)23-4-6-24(7-5-23)19(25)13-1-2-18-17(9-13)22-3-8-26-18/h1-3,8-12,22H,4-7H2. The number of amides is 1. The fourth-order valence-corrected chi connectivity index (χ4v) is 3.70. The molecular formula is C19H17Cl2N3O2. The zero-order chi connectivity index (χ0) is 18.1. The normalized spacial score (nSPS) is 15.9. The zero-order valence-corrected chi connectivity index (χ0v) is 15.4. The molecule has 2 aliphatic heterocycles. The number of halogens is 2. The van der Waals surface area contributed by atoms with Crippen LogP contribution in [0.1, 0.15) is 10.4 Å². The fourth-order valence-electron chi connectivity index (χ4n) is 3.18. The van der Waals surface area contributed by atoms with Gasteiger partial charge in [-0.15, -0.1) is 0 Å². The van der Waals surface area contributed by atoms with Crippen molar-refractivity contribution in [2.45, 2.75) is 0 Å². The number of piperazine rings is 1. The summed E-state index contributed by atoms with van der Waals surface area (Å²) in [4.78, 5) is 16.9. The number of ether oxygens (including phenoxy) is 1. The molecule has 1 saturated heterocycles. The van der Waals surface area contributed by atoms with Crippen molar-refractivity contribution in [3.63, 3.8) is 0 Å². The van der Waals surface area contributed by atoms with Crippen molar-refractivity contribution in [1.29, 1.82) is 0 Å². The predicted octanol–water partition coefficient (Wildman–Crippen LogP) is 4.23. The molecule has 1 amide bonds.